The van der Waals surface area contributed by atoms with E-state index in [0.717, 1.165) is 10.0 Å². The lowest BCUT2D eigenvalue weighted by Gasteiger charge is -2.03. The van der Waals surface area contributed by atoms with Gasteiger partial charge in [-0.05, 0) is 42.5 Å². The Kier molecular flexibility index (Phi) is 3.85. The van der Waals surface area contributed by atoms with Crippen molar-refractivity contribution in [2.24, 2.45) is 0 Å². The molecular weight excluding hydrogens is 445 g/mol. The van der Waals surface area contributed by atoms with E-state index in [1.165, 1.54) is 23.5 Å². The van der Waals surface area contributed by atoms with Crippen LogP contribution in [0.4, 0.5) is 4.39 Å². The van der Waals surface area contributed by atoms with Gasteiger partial charge in [0, 0.05) is 15.4 Å². The average Bonchev–Trinajstić information content (AvgIpc) is 3.27. The monoisotopic (exact) mass is 455 g/mol. The average molecular weight is 456 g/mol. The largest absolute Gasteiger partial charge is 0.506 e. The summed E-state index contributed by atoms with van der Waals surface area (Å²) in [5, 5.41) is 13.5. The van der Waals surface area contributed by atoms with Crippen LogP contribution in [0.2, 0.25) is 0 Å². The molecule has 0 fully saturated rings. The zero-order valence-electron chi connectivity index (χ0n) is 14.1. The van der Waals surface area contributed by atoms with Crippen LogP contribution in [-0.2, 0) is 0 Å². The lowest BCUT2D eigenvalue weighted by Crippen LogP contribution is -2.09. The Hall–Kier alpha value is -2.97. The predicted octanol–water partition coefficient (Wildman–Crippen LogP) is 5.18. The number of aromatic nitrogens is 3. The molecule has 8 heteroatoms. The Labute approximate surface area is 169 Å². The number of nitrogens with zero attached hydrogens (tertiary/aromatic N) is 2. The van der Waals surface area contributed by atoms with Gasteiger partial charge in [0.25, 0.3) is 5.56 Å². The van der Waals surface area contributed by atoms with E-state index in [1.807, 2.05) is 17.5 Å². The van der Waals surface area contributed by atoms with Crippen molar-refractivity contribution in [1.29, 1.82) is 0 Å². The van der Waals surface area contributed by atoms with Gasteiger partial charge in [0.15, 0.2) is 0 Å². The highest BCUT2D eigenvalue weighted by Crippen LogP contribution is 2.38. The van der Waals surface area contributed by atoms with E-state index >= 15 is 0 Å². The number of hydrogen-bond acceptors (Lipinski definition) is 4. The lowest BCUT2D eigenvalue weighted by atomic mass is 10.2. The fourth-order valence-electron chi connectivity index (χ4n) is 3.23. The number of benzene rings is 2. The van der Waals surface area contributed by atoms with E-state index in [-0.39, 0.29) is 17.1 Å². The first kappa shape index (κ1) is 17.2. The number of H-pyrrole nitrogens is 1. The second-order valence-electron chi connectivity index (χ2n) is 6.27. The summed E-state index contributed by atoms with van der Waals surface area (Å²) >= 11 is 4.71. The maximum atomic E-state index is 13.2. The van der Waals surface area contributed by atoms with Crippen LogP contribution in [-0.4, -0.2) is 19.5 Å². The molecule has 0 radical (unpaired) electrons. The van der Waals surface area contributed by atoms with Crippen LogP contribution < -0.4 is 5.56 Å². The van der Waals surface area contributed by atoms with Gasteiger partial charge in [0.2, 0.25) is 0 Å². The van der Waals surface area contributed by atoms with Crippen LogP contribution in [0.5, 0.6) is 5.75 Å². The molecule has 138 valence electrons. The van der Waals surface area contributed by atoms with E-state index in [0.29, 0.717) is 32.8 Å². The molecule has 0 aliphatic carbocycles. The van der Waals surface area contributed by atoms with Crippen LogP contribution in [0.1, 0.15) is 0 Å². The molecule has 0 amide bonds. The maximum absolute atomic E-state index is 13.2. The predicted molar refractivity (Wildman–Crippen MR) is 111 cm³/mol. The number of hydrogen-bond donors (Lipinski definition) is 2. The van der Waals surface area contributed by atoms with E-state index in [2.05, 4.69) is 25.9 Å². The molecule has 28 heavy (non-hydrogen) atoms. The normalized spacial score (nSPS) is 11.5. The summed E-state index contributed by atoms with van der Waals surface area (Å²) in [7, 11) is 0. The number of fused-ring (bicyclic) bond motifs is 3. The van der Waals surface area contributed by atoms with Crippen molar-refractivity contribution in [2.45, 2.75) is 0 Å². The second-order valence-corrected chi connectivity index (χ2v) is 8.04. The third-order valence-electron chi connectivity index (χ3n) is 4.54. The molecule has 0 bridgehead atoms. The summed E-state index contributed by atoms with van der Waals surface area (Å²) in [6.45, 7) is 0. The zero-order chi connectivity index (χ0) is 19.4. The van der Waals surface area contributed by atoms with Gasteiger partial charge in [-0.3, -0.25) is 9.20 Å². The standard InChI is InChI=1S/C20H11BrFN3O2S/c21-11-3-6-15-13(7-11)19(27)24-18-17(16(26)8-25(15)18)20-23-14(9-28-20)10-1-4-12(22)5-2-10/h1-9,26H,(H,24,27). The van der Waals surface area contributed by atoms with Gasteiger partial charge < -0.3 is 10.1 Å². The number of rotatable bonds is 2. The Morgan fingerprint density at radius 1 is 1.18 bits per heavy atom. The van der Waals surface area contributed by atoms with E-state index in [1.54, 1.807) is 28.8 Å². The molecule has 5 nitrogen and oxygen atoms in total. The maximum Gasteiger partial charge on any atom is 0.258 e. The van der Waals surface area contributed by atoms with Crippen molar-refractivity contribution >= 4 is 43.8 Å². The SMILES string of the molecule is O=c1[nH]c2c(-c3nc(-c4ccc(F)cc4)cs3)c(O)cn2c2ccc(Br)cc12. The molecule has 0 spiro atoms. The number of aromatic amines is 1. The molecule has 3 aromatic heterocycles. The highest BCUT2D eigenvalue weighted by molar-refractivity contribution is 9.10. The Morgan fingerprint density at radius 2 is 1.96 bits per heavy atom. The molecule has 2 N–H and O–H groups in total. The number of thiazole rings is 1. The molecular formula is C20H11BrFN3O2S. The molecule has 3 heterocycles. The first-order valence-electron chi connectivity index (χ1n) is 8.28. The smallest absolute Gasteiger partial charge is 0.258 e. The summed E-state index contributed by atoms with van der Waals surface area (Å²) in [6.07, 6.45) is 1.57. The molecule has 0 saturated heterocycles. The Morgan fingerprint density at radius 3 is 2.75 bits per heavy atom. The van der Waals surface area contributed by atoms with E-state index in [4.69, 9.17) is 0 Å². The summed E-state index contributed by atoms with van der Waals surface area (Å²) in [5.41, 5.74) is 2.80. The van der Waals surface area contributed by atoms with Crippen molar-refractivity contribution in [2.75, 3.05) is 0 Å². The molecule has 0 atom stereocenters. The lowest BCUT2D eigenvalue weighted by molar-refractivity contribution is 0.477. The van der Waals surface area contributed by atoms with Gasteiger partial charge in [-0.1, -0.05) is 15.9 Å². The van der Waals surface area contributed by atoms with Gasteiger partial charge in [-0.2, -0.15) is 0 Å². The highest BCUT2D eigenvalue weighted by atomic mass is 79.9. The minimum atomic E-state index is -0.314. The second kappa shape index (κ2) is 6.29. The summed E-state index contributed by atoms with van der Waals surface area (Å²) in [5.74, 6) is -0.294. The topological polar surface area (TPSA) is 70.4 Å². The van der Waals surface area contributed by atoms with Gasteiger partial charge in [0.1, 0.15) is 22.2 Å². The third-order valence-corrected chi connectivity index (χ3v) is 5.89. The highest BCUT2D eigenvalue weighted by Gasteiger charge is 2.19. The number of nitrogens with one attached hydrogen (secondary N) is 1. The van der Waals surface area contributed by atoms with Crippen LogP contribution >= 0.6 is 27.3 Å². The summed E-state index contributed by atoms with van der Waals surface area (Å²) in [6, 6.07) is 11.5. The summed E-state index contributed by atoms with van der Waals surface area (Å²) in [4.78, 5) is 20.0. The van der Waals surface area contributed by atoms with Crippen molar-refractivity contribution < 1.29 is 9.50 Å². The number of halogens is 2. The zero-order valence-corrected chi connectivity index (χ0v) is 16.5. The molecule has 5 rings (SSSR count). The van der Waals surface area contributed by atoms with E-state index < -0.39 is 0 Å². The quantitative estimate of drug-likeness (QED) is 0.385. The van der Waals surface area contributed by atoms with Gasteiger partial charge >= 0.3 is 0 Å². The van der Waals surface area contributed by atoms with Gasteiger partial charge in [0.05, 0.1) is 28.4 Å². The molecule has 5 aromatic rings. The van der Waals surface area contributed by atoms with Crippen LogP contribution in [0.25, 0.3) is 38.4 Å². The molecule has 0 aliphatic rings. The molecule has 0 aliphatic heterocycles. The van der Waals surface area contributed by atoms with Crippen molar-refractivity contribution in [3.63, 3.8) is 0 Å². The first-order chi connectivity index (χ1) is 13.5. The van der Waals surface area contributed by atoms with Crippen molar-refractivity contribution in [1.82, 2.24) is 14.4 Å². The first-order valence-corrected chi connectivity index (χ1v) is 9.96. The number of aromatic hydroxyl groups is 1. The fourth-order valence-corrected chi connectivity index (χ4v) is 4.48. The molecule has 0 unspecified atom stereocenters. The minimum Gasteiger partial charge on any atom is -0.506 e. The van der Waals surface area contributed by atoms with Crippen LogP contribution in [0.15, 0.2) is 63.3 Å². The molecule has 2 aromatic carbocycles. The van der Waals surface area contributed by atoms with Gasteiger partial charge in [-0.25, -0.2) is 9.37 Å². The van der Waals surface area contributed by atoms with Crippen LogP contribution in [0, 0.1) is 5.82 Å². The van der Waals surface area contributed by atoms with Crippen LogP contribution in [0.3, 0.4) is 0 Å². The van der Waals surface area contributed by atoms with E-state index in [9.17, 15) is 14.3 Å². The Bertz CT molecular complexity index is 1420. The van der Waals surface area contributed by atoms with Crippen molar-refractivity contribution in [3.8, 4) is 27.6 Å². The minimum absolute atomic E-state index is 0.0195. The third kappa shape index (κ3) is 2.64. The Balaban J connectivity index is 1.73. The van der Waals surface area contributed by atoms with Gasteiger partial charge in [-0.15, -0.1) is 11.3 Å². The fraction of sp³-hybridized carbons (Fsp3) is 0. The van der Waals surface area contributed by atoms with Crippen molar-refractivity contribution in [3.05, 3.63) is 74.7 Å². The summed E-state index contributed by atoms with van der Waals surface area (Å²) < 4.78 is 15.7. The molecule has 0 saturated carbocycles.